The van der Waals surface area contributed by atoms with E-state index in [0.29, 0.717) is 13.0 Å². The van der Waals surface area contributed by atoms with Gasteiger partial charge < -0.3 is 14.7 Å². The van der Waals surface area contributed by atoms with Gasteiger partial charge in [-0.25, -0.2) is 0 Å². The normalized spacial score (nSPS) is 12.4. The van der Waals surface area contributed by atoms with Crippen molar-refractivity contribution in [2.24, 2.45) is 0 Å². The number of carbonyl (C=O) groups is 1. The maximum atomic E-state index is 12.7. The molecule has 4 nitrogen and oxygen atoms in total. The second-order valence-electron chi connectivity index (χ2n) is 6.17. The van der Waals surface area contributed by atoms with Crippen LogP contribution in [0.15, 0.2) is 36.4 Å². The lowest BCUT2D eigenvalue weighted by atomic mass is 10.0. The van der Waals surface area contributed by atoms with Crippen molar-refractivity contribution in [1.82, 2.24) is 4.90 Å². The Bertz CT molecular complexity index is 679. The molecule has 0 saturated heterocycles. The van der Waals surface area contributed by atoms with E-state index in [9.17, 15) is 9.90 Å². The summed E-state index contributed by atoms with van der Waals surface area (Å²) in [6, 6.07) is 11.9. The summed E-state index contributed by atoms with van der Waals surface area (Å²) in [4.78, 5) is 14.4. The van der Waals surface area contributed by atoms with Gasteiger partial charge >= 0.3 is 0 Å². The molecule has 0 unspecified atom stereocenters. The molecule has 1 atom stereocenters. The number of aliphatic hydroxyl groups excluding tert-OH is 1. The number of rotatable bonds is 6. The zero-order valence-electron chi connectivity index (χ0n) is 14.2. The Morgan fingerprint density at radius 2 is 1.96 bits per heavy atom. The number of nitrogens with zero attached hydrogens (tertiary/aromatic N) is 1. The molecule has 124 valence electrons. The summed E-state index contributed by atoms with van der Waals surface area (Å²) >= 11 is 0. The van der Waals surface area contributed by atoms with E-state index in [1.807, 2.05) is 50.2 Å². The van der Waals surface area contributed by atoms with Crippen LogP contribution in [0, 0.1) is 0 Å². The van der Waals surface area contributed by atoms with Crippen LogP contribution in [-0.4, -0.2) is 41.7 Å². The molecule has 4 heteroatoms. The largest absolute Gasteiger partial charge is 0.497 e. The highest BCUT2D eigenvalue weighted by Gasteiger charge is 2.19. The highest BCUT2D eigenvalue weighted by Crippen LogP contribution is 2.25. The Morgan fingerprint density at radius 1 is 1.22 bits per heavy atom. The summed E-state index contributed by atoms with van der Waals surface area (Å²) in [5.41, 5.74) is 0.975. The monoisotopic (exact) mass is 315 g/mol. The lowest BCUT2D eigenvalue weighted by molar-refractivity contribution is -0.133. The first-order valence-electron chi connectivity index (χ1n) is 7.95. The smallest absolute Gasteiger partial charge is 0.227 e. The van der Waals surface area contributed by atoms with E-state index in [2.05, 4.69) is 0 Å². The van der Waals surface area contributed by atoms with Gasteiger partial charge in [0.1, 0.15) is 5.75 Å². The van der Waals surface area contributed by atoms with Crippen molar-refractivity contribution in [3.8, 4) is 5.75 Å². The van der Waals surface area contributed by atoms with Crippen LogP contribution in [0.4, 0.5) is 0 Å². The number of hydrogen-bond donors (Lipinski definition) is 1. The van der Waals surface area contributed by atoms with Crippen LogP contribution in [-0.2, 0) is 11.2 Å². The third kappa shape index (κ3) is 4.23. The summed E-state index contributed by atoms with van der Waals surface area (Å²) in [7, 11) is 1.64. The summed E-state index contributed by atoms with van der Waals surface area (Å²) in [6.07, 6.45) is -0.218. The number of hydrogen-bond acceptors (Lipinski definition) is 3. The van der Waals surface area contributed by atoms with Gasteiger partial charge in [-0.3, -0.25) is 4.79 Å². The van der Waals surface area contributed by atoms with E-state index in [1.54, 1.807) is 18.9 Å². The Hall–Kier alpha value is -2.07. The molecular formula is C19H25NO3. The first-order chi connectivity index (χ1) is 10.9. The van der Waals surface area contributed by atoms with Gasteiger partial charge in [-0.05, 0) is 49.2 Å². The Balaban J connectivity index is 2.31. The van der Waals surface area contributed by atoms with Gasteiger partial charge in [0.2, 0.25) is 5.91 Å². The Kier molecular flexibility index (Phi) is 5.61. The second kappa shape index (κ2) is 7.47. The Morgan fingerprint density at radius 3 is 2.57 bits per heavy atom. The van der Waals surface area contributed by atoms with Crippen molar-refractivity contribution >= 4 is 16.7 Å². The molecule has 0 aliphatic heterocycles. The minimum Gasteiger partial charge on any atom is -0.497 e. The lowest BCUT2D eigenvalue weighted by Crippen LogP contribution is -2.42. The number of benzene rings is 2. The number of amides is 1. The van der Waals surface area contributed by atoms with Crippen LogP contribution in [0.2, 0.25) is 0 Å². The molecule has 1 amide bonds. The number of fused-ring (bicyclic) bond motifs is 1. The van der Waals surface area contributed by atoms with Crippen molar-refractivity contribution in [3.63, 3.8) is 0 Å². The number of aliphatic hydroxyl groups is 1. The second-order valence-corrected chi connectivity index (χ2v) is 6.17. The quantitative estimate of drug-likeness (QED) is 0.891. The predicted octanol–water partition coefficient (Wildman–Crippen LogP) is 3.01. The van der Waals surface area contributed by atoms with Gasteiger partial charge in [-0.1, -0.05) is 24.3 Å². The molecule has 2 aromatic rings. The zero-order valence-corrected chi connectivity index (χ0v) is 14.2. The van der Waals surface area contributed by atoms with E-state index in [1.165, 1.54) is 0 Å². The van der Waals surface area contributed by atoms with Gasteiger partial charge in [-0.15, -0.1) is 0 Å². The molecule has 0 saturated carbocycles. The minimum atomic E-state index is -0.533. The van der Waals surface area contributed by atoms with Crippen LogP contribution in [0.1, 0.15) is 26.3 Å². The third-order valence-electron chi connectivity index (χ3n) is 3.93. The van der Waals surface area contributed by atoms with Crippen LogP contribution >= 0.6 is 0 Å². The van der Waals surface area contributed by atoms with E-state index >= 15 is 0 Å². The van der Waals surface area contributed by atoms with E-state index in [4.69, 9.17) is 4.74 Å². The molecule has 0 radical (unpaired) electrons. The first-order valence-corrected chi connectivity index (χ1v) is 7.95. The van der Waals surface area contributed by atoms with Crippen molar-refractivity contribution in [2.45, 2.75) is 39.3 Å². The van der Waals surface area contributed by atoms with Gasteiger partial charge in [0, 0.05) is 12.6 Å². The number of methoxy groups -OCH3 is 1. The maximum absolute atomic E-state index is 12.7. The molecule has 1 N–H and O–H groups in total. The van der Waals surface area contributed by atoms with Crippen molar-refractivity contribution in [1.29, 1.82) is 0 Å². The topological polar surface area (TPSA) is 49.8 Å². The standard InChI is InChI=1S/C19H25NO3/c1-13(2)20(12-14(3)21)19(22)10-16-7-5-6-15-8-9-17(23-4)11-18(15)16/h5-9,11,13-14,21H,10,12H2,1-4H3/t14-/m0/s1. The van der Waals surface area contributed by atoms with Crippen molar-refractivity contribution in [3.05, 3.63) is 42.0 Å². The lowest BCUT2D eigenvalue weighted by Gasteiger charge is -2.28. The molecule has 2 rings (SSSR count). The van der Waals surface area contributed by atoms with E-state index in [0.717, 1.165) is 22.1 Å². The van der Waals surface area contributed by atoms with Crippen molar-refractivity contribution in [2.75, 3.05) is 13.7 Å². The summed E-state index contributed by atoms with van der Waals surface area (Å²) in [5.74, 6) is 0.804. The first kappa shape index (κ1) is 17.3. The summed E-state index contributed by atoms with van der Waals surface area (Å²) in [5, 5.41) is 11.7. The average Bonchev–Trinajstić information content (AvgIpc) is 2.52. The van der Waals surface area contributed by atoms with Gasteiger partial charge in [0.05, 0.1) is 19.6 Å². The highest BCUT2D eigenvalue weighted by atomic mass is 16.5. The molecular weight excluding hydrogens is 290 g/mol. The molecule has 0 heterocycles. The third-order valence-corrected chi connectivity index (χ3v) is 3.93. The van der Waals surface area contributed by atoms with Gasteiger partial charge in [0.15, 0.2) is 0 Å². The zero-order chi connectivity index (χ0) is 17.0. The number of ether oxygens (including phenoxy) is 1. The fourth-order valence-electron chi connectivity index (χ4n) is 2.75. The van der Waals surface area contributed by atoms with E-state index < -0.39 is 6.10 Å². The molecule has 0 bridgehead atoms. The van der Waals surface area contributed by atoms with Gasteiger partial charge in [-0.2, -0.15) is 0 Å². The van der Waals surface area contributed by atoms with Crippen molar-refractivity contribution < 1.29 is 14.6 Å². The average molecular weight is 315 g/mol. The molecule has 0 spiro atoms. The highest BCUT2D eigenvalue weighted by molar-refractivity contribution is 5.91. The van der Waals surface area contributed by atoms with Crippen LogP contribution in [0.25, 0.3) is 10.8 Å². The SMILES string of the molecule is COc1ccc2cccc(CC(=O)N(C[C@H](C)O)C(C)C)c2c1. The summed E-state index contributed by atoms with van der Waals surface area (Å²) < 4.78 is 5.29. The van der Waals surface area contributed by atoms with Crippen LogP contribution in [0.5, 0.6) is 5.75 Å². The fourth-order valence-corrected chi connectivity index (χ4v) is 2.75. The molecule has 0 aliphatic rings. The maximum Gasteiger partial charge on any atom is 0.227 e. The Labute approximate surface area is 137 Å². The van der Waals surface area contributed by atoms with Crippen LogP contribution in [0.3, 0.4) is 0 Å². The molecule has 0 aromatic heterocycles. The molecule has 0 aliphatic carbocycles. The molecule has 0 fully saturated rings. The minimum absolute atomic E-state index is 0.0243. The van der Waals surface area contributed by atoms with E-state index in [-0.39, 0.29) is 11.9 Å². The molecule has 23 heavy (non-hydrogen) atoms. The van der Waals surface area contributed by atoms with Crippen LogP contribution < -0.4 is 4.74 Å². The number of carbonyl (C=O) groups excluding carboxylic acids is 1. The summed E-state index contributed by atoms with van der Waals surface area (Å²) in [6.45, 7) is 5.98. The fraction of sp³-hybridized carbons (Fsp3) is 0.421. The molecule has 2 aromatic carbocycles. The van der Waals surface area contributed by atoms with Gasteiger partial charge in [0.25, 0.3) is 0 Å². The predicted molar refractivity (Wildman–Crippen MR) is 92.7 cm³/mol.